The second-order valence-electron chi connectivity index (χ2n) is 11.1. The lowest BCUT2D eigenvalue weighted by atomic mass is 10.1. The molecule has 2 aromatic carbocycles. The minimum atomic E-state index is 0.0101. The number of aryl methyl sites for hydroxylation is 1. The minimum absolute atomic E-state index is 0.0101. The molecule has 0 bridgehead atoms. The van der Waals surface area contributed by atoms with Crippen LogP contribution in [0, 0.1) is 6.92 Å². The Labute approximate surface area is 252 Å². The first-order valence-corrected chi connectivity index (χ1v) is 16.5. The van der Waals surface area contributed by atoms with Crippen LogP contribution < -0.4 is 18.9 Å². The number of unbranched alkanes of at least 4 members (excludes halogenated alkanes) is 11. The number of anilines is 1. The summed E-state index contributed by atoms with van der Waals surface area (Å²) in [7, 11) is 1.67. The van der Waals surface area contributed by atoms with E-state index in [-0.39, 0.29) is 5.91 Å². The Morgan fingerprint density at radius 3 is 2.15 bits per heavy atom. The highest BCUT2D eigenvalue weighted by atomic mass is 32.1. The zero-order valence-electron chi connectivity index (χ0n) is 25.8. The first-order chi connectivity index (χ1) is 20.0. The van der Waals surface area contributed by atoms with E-state index in [0.29, 0.717) is 13.2 Å². The molecule has 0 saturated heterocycles. The van der Waals surface area contributed by atoms with Gasteiger partial charge in [0.25, 0.3) is 0 Å². The van der Waals surface area contributed by atoms with E-state index in [4.69, 9.17) is 9.47 Å². The summed E-state index contributed by atoms with van der Waals surface area (Å²) in [5.74, 6) is 1.48. The van der Waals surface area contributed by atoms with Gasteiger partial charge in [-0.2, -0.15) is 4.57 Å². The van der Waals surface area contributed by atoms with E-state index in [0.717, 1.165) is 41.3 Å². The number of carbonyl (C=O) groups excluding carboxylic acids is 1. The Bertz CT molecular complexity index is 1180. The summed E-state index contributed by atoms with van der Waals surface area (Å²) in [5.41, 5.74) is 5.20. The van der Waals surface area contributed by atoms with Crippen LogP contribution in [0.4, 0.5) is 5.69 Å². The average Bonchev–Trinajstić information content (AvgIpc) is 3.38. The molecule has 3 aromatic rings. The fourth-order valence-electron chi connectivity index (χ4n) is 5.19. The van der Waals surface area contributed by atoms with Crippen molar-refractivity contribution in [3.05, 3.63) is 70.2 Å². The Balaban J connectivity index is 1.47. The number of amides is 1. The van der Waals surface area contributed by atoms with E-state index in [1.54, 1.807) is 25.4 Å². The number of hydrogen-bond donors (Lipinski definition) is 0. The van der Waals surface area contributed by atoms with Crippen molar-refractivity contribution in [2.45, 2.75) is 111 Å². The fourth-order valence-corrected chi connectivity index (χ4v) is 5.82. The highest BCUT2D eigenvalue weighted by molar-refractivity contribution is 7.09. The molecule has 3 rings (SSSR count). The second-order valence-corrected chi connectivity index (χ2v) is 12.2. The molecule has 6 heteroatoms. The average molecular weight is 580 g/mol. The van der Waals surface area contributed by atoms with Crippen LogP contribution in [0.2, 0.25) is 0 Å². The van der Waals surface area contributed by atoms with Gasteiger partial charge in [0, 0.05) is 18.2 Å². The van der Waals surface area contributed by atoms with Crippen LogP contribution in [0.5, 0.6) is 11.5 Å². The molecule has 41 heavy (non-hydrogen) atoms. The summed E-state index contributed by atoms with van der Waals surface area (Å²) >= 11 is 1.74. The van der Waals surface area contributed by atoms with Crippen molar-refractivity contribution in [2.24, 2.45) is 0 Å². The summed E-state index contributed by atoms with van der Waals surface area (Å²) in [4.78, 5) is 15.8. The Hall–Kier alpha value is -2.86. The third-order valence-corrected chi connectivity index (χ3v) is 8.37. The molecule has 1 aromatic heterocycles. The molecule has 1 heterocycles. The molecule has 5 nitrogen and oxygen atoms in total. The number of benzene rings is 2. The Morgan fingerprint density at radius 1 is 0.854 bits per heavy atom. The second kappa shape index (κ2) is 18.5. The number of ether oxygens (including phenoxy) is 2. The molecule has 224 valence electrons. The molecule has 0 aliphatic heterocycles. The normalized spacial score (nSPS) is 11.0. The van der Waals surface area contributed by atoms with Gasteiger partial charge in [-0.1, -0.05) is 107 Å². The predicted octanol–water partition coefficient (Wildman–Crippen LogP) is 9.03. The van der Waals surface area contributed by atoms with Crippen LogP contribution in [-0.2, 0) is 17.9 Å². The maximum Gasteiger partial charge on any atom is 0.225 e. The van der Waals surface area contributed by atoms with Crippen LogP contribution in [0.3, 0.4) is 0 Å². The molecule has 0 unspecified atom stereocenters. The molecule has 0 saturated carbocycles. The number of nitrogens with zero attached hydrogens (tertiary/aromatic N) is 2. The molecule has 0 aliphatic rings. The number of hydrogen-bond acceptors (Lipinski definition) is 4. The number of methoxy groups -OCH3 is 1. The van der Waals surface area contributed by atoms with Gasteiger partial charge in [0.05, 0.1) is 25.1 Å². The molecule has 0 radical (unpaired) electrons. The number of carbonyl (C=O) groups is 1. The highest BCUT2D eigenvalue weighted by Gasteiger charge is 2.16. The number of aromatic nitrogens is 1. The van der Waals surface area contributed by atoms with Crippen molar-refractivity contribution in [3.8, 4) is 11.5 Å². The SMILES string of the molecule is CCCCCCCCCCCCCCOc1cc(CN(C(C)=O)c2cccc(C[n+]3csc(C)c3)c2)ccc1OC. The zero-order chi connectivity index (χ0) is 29.3. The minimum Gasteiger partial charge on any atom is -0.493 e. The quantitative estimate of drug-likeness (QED) is 0.0991. The molecule has 0 N–H and O–H groups in total. The first kappa shape index (κ1) is 32.7. The van der Waals surface area contributed by atoms with Crippen LogP contribution in [0.1, 0.15) is 107 Å². The lowest BCUT2D eigenvalue weighted by Crippen LogP contribution is -2.31. The number of rotatable bonds is 20. The molecule has 0 spiro atoms. The molecule has 0 fully saturated rings. The van der Waals surface area contributed by atoms with Crippen molar-refractivity contribution in [1.29, 1.82) is 0 Å². The maximum absolute atomic E-state index is 12.7. The molecular formula is C35H51N2O3S+. The van der Waals surface area contributed by atoms with Crippen molar-refractivity contribution >= 4 is 22.9 Å². The van der Waals surface area contributed by atoms with E-state index in [1.807, 2.05) is 35.2 Å². The van der Waals surface area contributed by atoms with Crippen LogP contribution in [0.25, 0.3) is 0 Å². The lowest BCUT2D eigenvalue weighted by molar-refractivity contribution is -0.683. The largest absolute Gasteiger partial charge is 0.493 e. The monoisotopic (exact) mass is 579 g/mol. The first-order valence-electron chi connectivity index (χ1n) is 15.6. The van der Waals surface area contributed by atoms with Gasteiger partial charge >= 0.3 is 0 Å². The third kappa shape index (κ3) is 11.9. The van der Waals surface area contributed by atoms with Gasteiger partial charge in [-0.05, 0) is 43.2 Å². The van der Waals surface area contributed by atoms with Crippen LogP contribution in [-0.4, -0.2) is 19.6 Å². The van der Waals surface area contributed by atoms with E-state index in [1.165, 1.54) is 75.5 Å². The zero-order valence-corrected chi connectivity index (χ0v) is 26.6. The van der Waals surface area contributed by atoms with Gasteiger partial charge in [-0.3, -0.25) is 4.79 Å². The van der Waals surface area contributed by atoms with E-state index >= 15 is 0 Å². The maximum atomic E-state index is 12.7. The van der Waals surface area contributed by atoms with Gasteiger partial charge in [0.15, 0.2) is 24.2 Å². The summed E-state index contributed by atoms with van der Waals surface area (Å²) in [6, 6.07) is 14.2. The van der Waals surface area contributed by atoms with Crippen molar-refractivity contribution in [2.75, 3.05) is 18.6 Å². The van der Waals surface area contributed by atoms with Crippen molar-refractivity contribution in [3.63, 3.8) is 0 Å². The highest BCUT2D eigenvalue weighted by Crippen LogP contribution is 2.30. The Morgan fingerprint density at radius 2 is 1.54 bits per heavy atom. The number of thiazole rings is 1. The van der Waals surface area contributed by atoms with Crippen molar-refractivity contribution in [1.82, 2.24) is 0 Å². The predicted molar refractivity (Wildman–Crippen MR) is 171 cm³/mol. The van der Waals surface area contributed by atoms with Crippen molar-refractivity contribution < 1.29 is 18.8 Å². The molecule has 1 amide bonds. The molecule has 0 aliphatic carbocycles. The van der Waals surface area contributed by atoms with Crippen LogP contribution >= 0.6 is 11.3 Å². The summed E-state index contributed by atoms with van der Waals surface area (Å²) < 4.78 is 13.9. The van der Waals surface area contributed by atoms with E-state index in [2.05, 4.69) is 42.3 Å². The van der Waals surface area contributed by atoms with E-state index in [9.17, 15) is 4.79 Å². The smallest absolute Gasteiger partial charge is 0.225 e. The standard InChI is InChI=1S/C35H51N2O3S/c1-5-6-7-8-9-10-11-12-13-14-15-16-22-40-35-24-32(20-21-34(35)39-4)27-37(30(3)38)33-19-17-18-31(23-33)26-36-25-29(2)41-28-36/h17-21,23-25,28H,5-16,22,26-27H2,1-4H3/q+1. The summed E-state index contributed by atoms with van der Waals surface area (Å²) in [6.45, 7) is 7.94. The van der Waals surface area contributed by atoms with Crippen LogP contribution in [0.15, 0.2) is 54.2 Å². The summed E-state index contributed by atoms with van der Waals surface area (Å²) in [5, 5.41) is 0. The third-order valence-electron chi connectivity index (χ3n) is 7.51. The van der Waals surface area contributed by atoms with Gasteiger partial charge < -0.3 is 14.4 Å². The molecule has 0 atom stereocenters. The van der Waals surface area contributed by atoms with E-state index < -0.39 is 0 Å². The van der Waals surface area contributed by atoms with Gasteiger partial charge in [-0.25, -0.2) is 0 Å². The van der Waals surface area contributed by atoms with Gasteiger partial charge in [0.2, 0.25) is 11.4 Å². The van der Waals surface area contributed by atoms with Gasteiger partial charge in [0.1, 0.15) is 0 Å². The molecular weight excluding hydrogens is 528 g/mol. The fraction of sp³-hybridized carbons (Fsp3) is 0.543. The topological polar surface area (TPSA) is 42.7 Å². The Kier molecular flexibility index (Phi) is 14.8. The lowest BCUT2D eigenvalue weighted by Gasteiger charge is -2.22. The summed E-state index contributed by atoms with van der Waals surface area (Å²) in [6.07, 6.45) is 18.0. The van der Waals surface area contributed by atoms with Gasteiger partial charge in [-0.15, -0.1) is 0 Å².